The molecule has 7 nitrogen and oxygen atoms in total. The average molecular weight is 542 g/mol. The van der Waals surface area contributed by atoms with E-state index in [1.54, 1.807) is 24.3 Å². The van der Waals surface area contributed by atoms with Crippen LogP contribution in [-0.2, 0) is 34.2 Å². The molecule has 0 unspecified atom stereocenters. The van der Waals surface area contributed by atoms with Crippen LogP contribution in [0.25, 0.3) is 0 Å². The summed E-state index contributed by atoms with van der Waals surface area (Å²) in [6, 6.07) is 21.0. The molecule has 1 atom stereocenters. The summed E-state index contributed by atoms with van der Waals surface area (Å²) in [5.41, 5.74) is 9.39. The van der Waals surface area contributed by atoms with Crippen LogP contribution in [0.2, 0.25) is 0 Å². The quantitative estimate of drug-likeness (QED) is 0.340. The number of sulfonamides is 1. The highest BCUT2D eigenvalue weighted by Crippen LogP contribution is 2.22. The topological polar surface area (TPSA) is 102 Å². The van der Waals surface area contributed by atoms with E-state index in [1.807, 2.05) is 37.3 Å². The fourth-order valence-electron chi connectivity index (χ4n) is 3.99. The monoisotopic (exact) mass is 541 g/mol. The summed E-state index contributed by atoms with van der Waals surface area (Å²) < 4.78 is 44.6. The molecule has 0 aliphatic carbocycles. The van der Waals surface area contributed by atoms with Crippen molar-refractivity contribution in [2.75, 3.05) is 30.8 Å². The Morgan fingerprint density at radius 1 is 1.03 bits per heavy atom. The third kappa shape index (κ3) is 8.65. The third-order valence-corrected chi connectivity index (χ3v) is 7.68. The van der Waals surface area contributed by atoms with Gasteiger partial charge >= 0.3 is 0 Å². The number of anilines is 1. The van der Waals surface area contributed by atoms with Crippen molar-refractivity contribution in [2.24, 2.45) is 5.73 Å². The van der Waals surface area contributed by atoms with Crippen LogP contribution in [0.1, 0.15) is 40.4 Å². The zero-order valence-corrected chi connectivity index (χ0v) is 22.9. The maximum absolute atomic E-state index is 13.1. The molecular formula is C29H36FN3O4S. The lowest BCUT2D eigenvalue weighted by atomic mass is 9.90. The number of benzene rings is 3. The van der Waals surface area contributed by atoms with Gasteiger partial charge in [-0.15, -0.1) is 0 Å². The largest absolute Gasteiger partial charge is 0.375 e. The Labute approximate surface area is 224 Å². The van der Waals surface area contributed by atoms with E-state index >= 15 is 0 Å². The predicted molar refractivity (Wildman–Crippen MR) is 149 cm³/mol. The standard InChI is InChI=1S/C29H36FN3O4S/c1-4-29(31,19-23-8-6-5-7-9-23)21-37-20-24-16-25(18-27(17-24)33(2)38(3,35)36)28(34)32-15-14-22-10-12-26(30)13-11-22/h5-13,16-18H,4,14-15,19-21,31H2,1-3H3,(H,32,34)/t29-/m1/s1. The normalized spacial score (nSPS) is 13.1. The van der Waals surface area contributed by atoms with Crippen LogP contribution >= 0.6 is 0 Å². The maximum Gasteiger partial charge on any atom is 0.251 e. The zero-order valence-electron chi connectivity index (χ0n) is 22.1. The second-order valence-electron chi connectivity index (χ2n) is 9.62. The molecule has 0 aliphatic rings. The van der Waals surface area contributed by atoms with Crippen molar-refractivity contribution in [3.8, 4) is 0 Å². The van der Waals surface area contributed by atoms with E-state index in [2.05, 4.69) is 5.32 Å². The van der Waals surface area contributed by atoms with Crippen molar-refractivity contribution < 1.29 is 22.3 Å². The van der Waals surface area contributed by atoms with Gasteiger partial charge in [-0.05, 0) is 66.3 Å². The summed E-state index contributed by atoms with van der Waals surface area (Å²) in [6.07, 6.45) is 3.00. The first-order valence-electron chi connectivity index (χ1n) is 12.5. The molecule has 0 radical (unpaired) electrons. The number of hydrogen-bond acceptors (Lipinski definition) is 5. The van der Waals surface area contributed by atoms with Gasteiger partial charge in [0.15, 0.2) is 0 Å². The highest BCUT2D eigenvalue weighted by molar-refractivity contribution is 7.92. The number of nitrogens with two attached hydrogens (primary N) is 1. The van der Waals surface area contributed by atoms with Crippen LogP contribution in [0.15, 0.2) is 72.8 Å². The number of carbonyl (C=O) groups is 1. The lowest BCUT2D eigenvalue weighted by molar-refractivity contribution is 0.0711. The second-order valence-corrected chi connectivity index (χ2v) is 11.6. The molecule has 38 heavy (non-hydrogen) atoms. The molecule has 0 bridgehead atoms. The molecule has 0 aromatic heterocycles. The minimum atomic E-state index is -3.54. The summed E-state index contributed by atoms with van der Waals surface area (Å²) in [7, 11) is -2.11. The van der Waals surface area contributed by atoms with Gasteiger partial charge in [-0.25, -0.2) is 12.8 Å². The van der Waals surface area contributed by atoms with Crippen molar-refractivity contribution >= 4 is 21.6 Å². The first-order valence-corrected chi connectivity index (χ1v) is 14.3. The molecule has 0 fully saturated rings. The van der Waals surface area contributed by atoms with Crippen LogP contribution < -0.4 is 15.4 Å². The van der Waals surface area contributed by atoms with Gasteiger partial charge in [0.1, 0.15) is 5.82 Å². The fraction of sp³-hybridized carbons (Fsp3) is 0.345. The smallest absolute Gasteiger partial charge is 0.251 e. The number of nitrogens with one attached hydrogen (secondary N) is 1. The molecular weight excluding hydrogens is 505 g/mol. The molecule has 0 saturated carbocycles. The Balaban J connectivity index is 1.71. The highest BCUT2D eigenvalue weighted by atomic mass is 32.2. The van der Waals surface area contributed by atoms with Gasteiger partial charge in [0.2, 0.25) is 10.0 Å². The summed E-state index contributed by atoms with van der Waals surface area (Å²) in [5.74, 6) is -0.659. The lowest BCUT2D eigenvalue weighted by Gasteiger charge is -2.28. The maximum atomic E-state index is 13.1. The number of carbonyl (C=O) groups excluding carboxylic acids is 1. The number of rotatable bonds is 13. The molecule has 204 valence electrons. The van der Waals surface area contributed by atoms with Crippen LogP contribution in [-0.4, -0.2) is 46.3 Å². The first kappa shape index (κ1) is 29.3. The third-order valence-electron chi connectivity index (χ3n) is 6.47. The molecule has 3 rings (SSSR count). The minimum absolute atomic E-state index is 0.162. The molecule has 0 spiro atoms. The number of hydrogen-bond donors (Lipinski definition) is 2. The molecule has 0 heterocycles. The van der Waals surface area contributed by atoms with Crippen LogP contribution in [0.3, 0.4) is 0 Å². The van der Waals surface area contributed by atoms with Crippen molar-refractivity contribution in [2.45, 2.75) is 38.3 Å². The molecule has 1 amide bonds. The summed E-state index contributed by atoms with van der Waals surface area (Å²) in [4.78, 5) is 12.9. The Morgan fingerprint density at radius 3 is 2.34 bits per heavy atom. The highest BCUT2D eigenvalue weighted by Gasteiger charge is 2.24. The van der Waals surface area contributed by atoms with E-state index in [0.717, 1.165) is 21.7 Å². The average Bonchev–Trinajstić information content (AvgIpc) is 2.89. The Bertz CT molecular complexity index is 1320. The number of nitrogens with zero attached hydrogens (tertiary/aromatic N) is 1. The van der Waals surface area contributed by atoms with Crippen LogP contribution in [0.4, 0.5) is 10.1 Å². The van der Waals surface area contributed by atoms with Crippen molar-refractivity contribution in [1.82, 2.24) is 5.32 Å². The molecule has 3 aromatic rings. The van der Waals surface area contributed by atoms with E-state index in [0.29, 0.717) is 49.2 Å². The van der Waals surface area contributed by atoms with Gasteiger partial charge in [-0.2, -0.15) is 0 Å². The van der Waals surface area contributed by atoms with Crippen molar-refractivity contribution in [1.29, 1.82) is 0 Å². The Morgan fingerprint density at radius 2 is 1.71 bits per heavy atom. The van der Waals surface area contributed by atoms with Gasteiger partial charge in [0, 0.05) is 24.7 Å². The van der Waals surface area contributed by atoms with Gasteiger partial charge in [-0.1, -0.05) is 49.4 Å². The zero-order chi connectivity index (χ0) is 27.8. The van der Waals surface area contributed by atoms with Crippen molar-refractivity contribution in [3.63, 3.8) is 0 Å². The summed E-state index contributed by atoms with van der Waals surface area (Å²) >= 11 is 0. The van der Waals surface area contributed by atoms with Gasteiger partial charge in [0.05, 0.1) is 25.2 Å². The van der Waals surface area contributed by atoms with Gasteiger partial charge < -0.3 is 15.8 Å². The van der Waals surface area contributed by atoms with E-state index in [4.69, 9.17) is 10.5 Å². The minimum Gasteiger partial charge on any atom is -0.375 e. The lowest BCUT2D eigenvalue weighted by Crippen LogP contribution is -2.46. The second kappa shape index (κ2) is 13.0. The fourth-order valence-corrected chi connectivity index (χ4v) is 4.48. The molecule has 3 N–H and O–H groups in total. The van der Waals surface area contributed by atoms with E-state index in [1.165, 1.54) is 25.2 Å². The molecule has 9 heteroatoms. The van der Waals surface area contributed by atoms with Gasteiger partial charge in [0.25, 0.3) is 5.91 Å². The number of halogens is 1. The predicted octanol–water partition coefficient (Wildman–Crippen LogP) is 4.06. The molecule has 0 saturated heterocycles. The van der Waals surface area contributed by atoms with Crippen molar-refractivity contribution in [3.05, 3.63) is 101 Å². The van der Waals surface area contributed by atoms with E-state index in [9.17, 15) is 17.6 Å². The SMILES string of the molecule is CC[C@](N)(COCc1cc(C(=O)NCCc2ccc(F)cc2)cc(N(C)S(C)(=O)=O)c1)Cc1ccccc1. The van der Waals surface area contributed by atoms with Crippen LogP contribution in [0, 0.1) is 5.82 Å². The first-order chi connectivity index (χ1) is 18.0. The van der Waals surface area contributed by atoms with Gasteiger partial charge in [-0.3, -0.25) is 9.10 Å². The summed E-state index contributed by atoms with van der Waals surface area (Å²) in [5, 5.41) is 2.85. The summed E-state index contributed by atoms with van der Waals surface area (Å²) in [6.45, 7) is 2.81. The number of ether oxygens (including phenoxy) is 1. The Hall–Kier alpha value is -3.27. The molecule has 0 aliphatic heterocycles. The number of amides is 1. The molecule has 3 aromatic carbocycles. The van der Waals surface area contributed by atoms with E-state index in [-0.39, 0.29) is 18.3 Å². The van der Waals surface area contributed by atoms with Crippen LogP contribution in [0.5, 0.6) is 0 Å². The van der Waals surface area contributed by atoms with E-state index < -0.39 is 15.6 Å². The Kier molecular flexibility index (Phi) is 10.0.